The Morgan fingerprint density at radius 1 is 1.38 bits per heavy atom. The van der Waals surface area contributed by atoms with Crippen molar-refractivity contribution in [2.45, 2.75) is 25.0 Å². The summed E-state index contributed by atoms with van der Waals surface area (Å²) in [7, 11) is -1.42. The van der Waals surface area contributed by atoms with E-state index in [-0.39, 0.29) is 5.60 Å². The van der Waals surface area contributed by atoms with E-state index in [2.05, 4.69) is 15.7 Å². The van der Waals surface area contributed by atoms with Crippen molar-refractivity contribution in [1.82, 2.24) is 9.62 Å². The molecule has 2 fully saturated rings. The number of ether oxygens (including phenoxy) is 2. The van der Waals surface area contributed by atoms with Gasteiger partial charge in [-0.1, -0.05) is 18.2 Å². The van der Waals surface area contributed by atoms with Crippen LogP contribution < -0.4 is 9.46 Å². The fraction of sp³-hybridized carbons (Fsp3) is 0.647. The Morgan fingerprint density at radius 2 is 2.12 bits per heavy atom. The maximum atomic E-state index is 11.2. The van der Waals surface area contributed by atoms with Crippen molar-refractivity contribution in [3.8, 4) is 5.75 Å². The molecule has 0 amide bonds. The van der Waals surface area contributed by atoms with E-state index in [0.29, 0.717) is 12.5 Å². The van der Waals surface area contributed by atoms with Gasteiger partial charge in [-0.15, -0.1) is 0 Å². The van der Waals surface area contributed by atoms with E-state index in [1.54, 1.807) is 7.11 Å². The molecule has 1 aromatic rings. The minimum atomic E-state index is -3.12. The SMILES string of the molecule is COc1ccccc1CN1CC2(C1)OCCC2CCNS(C)(=O)=O. The summed E-state index contributed by atoms with van der Waals surface area (Å²) in [5, 5.41) is 0. The highest BCUT2D eigenvalue weighted by Crippen LogP contribution is 2.42. The predicted molar refractivity (Wildman–Crippen MR) is 92.5 cm³/mol. The molecule has 6 nitrogen and oxygen atoms in total. The first-order chi connectivity index (χ1) is 11.4. The van der Waals surface area contributed by atoms with Gasteiger partial charge in [0, 0.05) is 38.3 Å². The van der Waals surface area contributed by atoms with Crippen LogP contribution >= 0.6 is 0 Å². The van der Waals surface area contributed by atoms with E-state index < -0.39 is 10.0 Å². The number of hydrogen-bond acceptors (Lipinski definition) is 5. The molecule has 2 saturated heterocycles. The second-order valence-corrected chi connectivity index (χ2v) is 8.64. The summed E-state index contributed by atoms with van der Waals surface area (Å²) >= 11 is 0. The molecule has 3 rings (SSSR count). The molecule has 2 heterocycles. The smallest absolute Gasteiger partial charge is 0.208 e. The summed E-state index contributed by atoms with van der Waals surface area (Å²) in [5.74, 6) is 1.33. The monoisotopic (exact) mass is 354 g/mol. The van der Waals surface area contributed by atoms with Crippen LogP contribution in [0, 0.1) is 5.92 Å². The van der Waals surface area contributed by atoms with E-state index in [0.717, 1.165) is 44.8 Å². The largest absolute Gasteiger partial charge is 0.496 e. The highest BCUT2D eigenvalue weighted by Gasteiger charge is 2.52. The van der Waals surface area contributed by atoms with Crippen LogP contribution in [0.3, 0.4) is 0 Å². The van der Waals surface area contributed by atoms with Crippen LogP contribution in [0.25, 0.3) is 0 Å². The first kappa shape index (κ1) is 17.7. The van der Waals surface area contributed by atoms with E-state index in [9.17, 15) is 8.42 Å². The van der Waals surface area contributed by atoms with Crippen molar-refractivity contribution < 1.29 is 17.9 Å². The van der Waals surface area contributed by atoms with Crippen LogP contribution in [-0.4, -0.2) is 58.5 Å². The number of para-hydroxylation sites is 1. The molecule has 2 aliphatic rings. The third-order valence-electron chi connectivity index (χ3n) is 5.03. The first-order valence-electron chi connectivity index (χ1n) is 8.35. The third kappa shape index (κ3) is 3.91. The van der Waals surface area contributed by atoms with Gasteiger partial charge in [-0.25, -0.2) is 13.1 Å². The number of benzene rings is 1. The van der Waals surface area contributed by atoms with Crippen LogP contribution in [-0.2, 0) is 21.3 Å². The summed E-state index contributed by atoms with van der Waals surface area (Å²) in [6, 6.07) is 8.08. The van der Waals surface area contributed by atoms with Gasteiger partial charge in [0.1, 0.15) is 5.75 Å². The molecule has 0 aliphatic carbocycles. The molecule has 134 valence electrons. The van der Waals surface area contributed by atoms with Crippen molar-refractivity contribution in [3.05, 3.63) is 29.8 Å². The van der Waals surface area contributed by atoms with Crippen LogP contribution in [0.15, 0.2) is 24.3 Å². The summed E-state index contributed by atoms with van der Waals surface area (Å²) in [4.78, 5) is 2.36. The summed E-state index contributed by atoms with van der Waals surface area (Å²) < 4.78 is 36.5. The van der Waals surface area contributed by atoms with Gasteiger partial charge in [-0.3, -0.25) is 4.90 Å². The van der Waals surface area contributed by atoms with Gasteiger partial charge in [0.15, 0.2) is 0 Å². The Kier molecular flexibility index (Phi) is 5.15. The molecule has 0 aromatic heterocycles. The molecule has 1 unspecified atom stereocenters. The van der Waals surface area contributed by atoms with Crippen molar-refractivity contribution in [2.75, 3.05) is 39.6 Å². The molecule has 1 spiro atoms. The highest BCUT2D eigenvalue weighted by atomic mass is 32.2. The van der Waals surface area contributed by atoms with E-state index in [4.69, 9.17) is 9.47 Å². The second-order valence-electron chi connectivity index (χ2n) is 6.81. The van der Waals surface area contributed by atoms with Crippen molar-refractivity contribution in [3.63, 3.8) is 0 Å². The summed E-state index contributed by atoms with van der Waals surface area (Å²) in [5.41, 5.74) is 1.09. The molecule has 7 heteroatoms. The van der Waals surface area contributed by atoms with Crippen LogP contribution in [0.5, 0.6) is 5.75 Å². The predicted octanol–water partition coefficient (Wildman–Crippen LogP) is 1.23. The molecule has 0 bridgehead atoms. The molecule has 1 N–H and O–H groups in total. The lowest BCUT2D eigenvalue weighted by Crippen LogP contribution is -2.64. The number of hydrogen-bond donors (Lipinski definition) is 1. The molecule has 0 saturated carbocycles. The molecular formula is C17H26N2O4S. The van der Waals surface area contributed by atoms with Crippen molar-refractivity contribution in [2.24, 2.45) is 5.92 Å². The average molecular weight is 354 g/mol. The maximum Gasteiger partial charge on any atom is 0.208 e. The lowest BCUT2D eigenvalue weighted by atomic mass is 9.79. The van der Waals surface area contributed by atoms with Gasteiger partial charge < -0.3 is 9.47 Å². The van der Waals surface area contributed by atoms with Gasteiger partial charge in [-0.2, -0.15) is 0 Å². The van der Waals surface area contributed by atoms with Gasteiger partial charge in [0.2, 0.25) is 10.0 Å². The van der Waals surface area contributed by atoms with Crippen molar-refractivity contribution >= 4 is 10.0 Å². The van der Waals surface area contributed by atoms with Crippen LogP contribution in [0.4, 0.5) is 0 Å². The number of nitrogens with one attached hydrogen (secondary N) is 1. The number of rotatable bonds is 7. The fourth-order valence-electron chi connectivity index (χ4n) is 3.86. The number of sulfonamides is 1. The molecule has 0 radical (unpaired) electrons. The van der Waals surface area contributed by atoms with Crippen LogP contribution in [0.2, 0.25) is 0 Å². The number of methoxy groups -OCH3 is 1. The zero-order chi connectivity index (χ0) is 17.2. The third-order valence-corrected chi connectivity index (χ3v) is 5.75. The molecule has 2 aliphatic heterocycles. The zero-order valence-corrected chi connectivity index (χ0v) is 15.1. The Hall–Kier alpha value is -1.15. The summed E-state index contributed by atoms with van der Waals surface area (Å²) in [6.07, 6.45) is 3.04. The van der Waals surface area contributed by atoms with Crippen molar-refractivity contribution in [1.29, 1.82) is 0 Å². The first-order valence-corrected chi connectivity index (χ1v) is 10.2. The van der Waals surface area contributed by atoms with E-state index >= 15 is 0 Å². The quantitative estimate of drug-likeness (QED) is 0.798. The van der Waals surface area contributed by atoms with E-state index in [1.807, 2.05) is 18.2 Å². The van der Waals surface area contributed by atoms with Gasteiger partial charge >= 0.3 is 0 Å². The Bertz CT molecular complexity index is 671. The van der Waals surface area contributed by atoms with Gasteiger partial charge in [-0.05, 0) is 24.8 Å². The Morgan fingerprint density at radius 3 is 2.83 bits per heavy atom. The number of likely N-dealkylation sites (tertiary alicyclic amines) is 1. The zero-order valence-electron chi connectivity index (χ0n) is 14.3. The molecule has 24 heavy (non-hydrogen) atoms. The lowest BCUT2D eigenvalue weighted by Gasteiger charge is -2.50. The number of nitrogens with zero attached hydrogens (tertiary/aromatic N) is 1. The fourth-order valence-corrected chi connectivity index (χ4v) is 4.35. The Labute approximate surface area is 144 Å². The minimum Gasteiger partial charge on any atom is -0.496 e. The molecule has 1 aromatic carbocycles. The average Bonchev–Trinajstić information content (AvgIpc) is 2.90. The Balaban J connectivity index is 1.53. The van der Waals surface area contributed by atoms with Crippen LogP contribution in [0.1, 0.15) is 18.4 Å². The molecule has 1 atom stereocenters. The topological polar surface area (TPSA) is 67.9 Å². The molecular weight excluding hydrogens is 328 g/mol. The summed E-state index contributed by atoms with van der Waals surface area (Å²) in [6.45, 7) is 3.90. The highest BCUT2D eigenvalue weighted by molar-refractivity contribution is 7.88. The van der Waals surface area contributed by atoms with Gasteiger partial charge in [0.25, 0.3) is 0 Å². The minimum absolute atomic E-state index is 0.0960. The normalized spacial score (nSPS) is 23.3. The van der Waals surface area contributed by atoms with Gasteiger partial charge in [0.05, 0.1) is 19.0 Å². The lowest BCUT2D eigenvalue weighted by molar-refractivity contribution is -0.136. The second kappa shape index (κ2) is 7.00. The maximum absolute atomic E-state index is 11.2. The standard InChI is InChI=1S/C17H26N2O4S/c1-22-16-6-4-3-5-14(16)11-19-12-17(13-19)15(8-10-23-17)7-9-18-24(2,20)21/h3-6,15,18H,7-13H2,1-2H3. The van der Waals surface area contributed by atoms with E-state index in [1.165, 1.54) is 11.8 Å².